The maximum Gasteiger partial charge on any atom is 0.294 e. The molecule has 0 bridgehead atoms. The molecule has 2 aromatic rings. The van der Waals surface area contributed by atoms with Crippen LogP contribution in [0.5, 0.6) is 0 Å². The highest BCUT2D eigenvalue weighted by Gasteiger charge is 2.32. The van der Waals surface area contributed by atoms with Crippen LogP contribution in [0.1, 0.15) is 44.1 Å². The average Bonchev–Trinajstić information content (AvgIpc) is 2.94. The molecule has 0 aliphatic carbocycles. The first-order valence-corrected chi connectivity index (χ1v) is 9.96. The van der Waals surface area contributed by atoms with Gasteiger partial charge in [0.25, 0.3) is 17.6 Å². The topological polar surface area (TPSA) is 110 Å². The Hall–Kier alpha value is -3.04. The number of anilines is 1. The Morgan fingerprint density at radius 1 is 1.23 bits per heavy atom. The van der Waals surface area contributed by atoms with Gasteiger partial charge < -0.3 is 25.0 Å². The molecule has 8 nitrogen and oxygen atoms in total. The van der Waals surface area contributed by atoms with Crippen molar-refractivity contribution in [2.45, 2.75) is 39.3 Å². The van der Waals surface area contributed by atoms with Crippen molar-refractivity contribution in [2.24, 2.45) is 7.05 Å². The molecule has 1 aliphatic heterocycles. The number of carbonyl (C=O) groups excluding carboxylic acids is 3. The van der Waals surface area contributed by atoms with Gasteiger partial charge in [0.05, 0.1) is 30.0 Å². The van der Waals surface area contributed by atoms with Crippen LogP contribution in [-0.2, 0) is 16.6 Å². The van der Waals surface area contributed by atoms with Crippen molar-refractivity contribution in [1.29, 1.82) is 0 Å². The summed E-state index contributed by atoms with van der Waals surface area (Å²) in [6.45, 7) is 5.34. The number of hydrogen-bond acceptors (Lipinski definition) is 5. The number of aliphatic hydroxyl groups excluding tert-OH is 1. The number of amides is 2. The van der Waals surface area contributed by atoms with E-state index in [0.29, 0.717) is 35.5 Å². The van der Waals surface area contributed by atoms with E-state index in [2.05, 4.69) is 10.6 Å². The molecule has 3 rings (SSSR count). The highest BCUT2D eigenvalue weighted by molar-refractivity contribution is 6.43. The Kier molecular flexibility index (Phi) is 6.56. The molecule has 0 unspecified atom stereocenters. The monoisotopic (exact) mass is 431 g/mol. The fourth-order valence-corrected chi connectivity index (χ4v) is 3.78. The molecule has 0 radical (unpaired) electrons. The second-order valence-corrected chi connectivity index (χ2v) is 7.75. The molecule has 1 aromatic carbocycles. The zero-order valence-electron chi connectivity index (χ0n) is 17.9. The lowest BCUT2D eigenvalue weighted by atomic mass is 10.0. The van der Waals surface area contributed by atoms with Crippen LogP contribution in [0, 0.1) is 26.6 Å². The summed E-state index contributed by atoms with van der Waals surface area (Å²) in [6, 6.07) is 3.66. The van der Waals surface area contributed by atoms with Crippen LogP contribution >= 0.6 is 0 Å². The molecule has 1 saturated heterocycles. The number of carbonyl (C=O) groups is 3. The van der Waals surface area contributed by atoms with E-state index >= 15 is 0 Å². The highest BCUT2D eigenvalue weighted by atomic mass is 19.1. The van der Waals surface area contributed by atoms with Crippen molar-refractivity contribution in [2.75, 3.05) is 18.5 Å². The quantitative estimate of drug-likeness (QED) is 0.494. The van der Waals surface area contributed by atoms with E-state index in [-0.39, 0.29) is 23.7 Å². The minimum absolute atomic E-state index is 0.0919. The fourth-order valence-electron chi connectivity index (χ4n) is 3.78. The maximum absolute atomic E-state index is 13.5. The molecule has 9 heteroatoms. The van der Waals surface area contributed by atoms with Crippen molar-refractivity contribution in [3.63, 3.8) is 0 Å². The first-order valence-electron chi connectivity index (χ1n) is 9.96. The number of aryl methyl sites for hydroxylation is 1. The largest absolute Gasteiger partial charge is 0.389 e. The maximum atomic E-state index is 13.5. The summed E-state index contributed by atoms with van der Waals surface area (Å²) in [5.74, 6) is -2.48. The van der Waals surface area contributed by atoms with Gasteiger partial charge in [0, 0.05) is 25.0 Å². The first kappa shape index (κ1) is 22.6. The zero-order chi connectivity index (χ0) is 22.9. The van der Waals surface area contributed by atoms with Crippen LogP contribution in [0.2, 0.25) is 0 Å². The Morgan fingerprint density at radius 2 is 1.94 bits per heavy atom. The lowest BCUT2D eigenvalue weighted by Gasteiger charge is -2.28. The third kappa shape index (κ3) is 4.52. The summed E-state index contributed by atoms with van der Waals surface area (Å²) in [6.07, 6.45) is -0.488. The molecule has 166 valence electrons. The predicted octanol–water partition coefficient (Wildman–Crippen LogP) is 1.79. The number of ether oxygens (including phenoxy) is 1. The Bertz CT molecular complexity index is 1050. The van der Waals surface area contributed by atoms with Gasteiger partial charge in [-0.1, -0.05) is 0 Å². The lowest BCUT2D eigenvalue weighted by Crippen LogP contribution is -2.50. The number of halogens is 1. The van der Waals surface area contributed by atoms with Gasteiger partial charge in [-0.25, -0.2) is 4.39 Å². The third-order valence-electron chi connectivity index (χ3n) is 5.64. The summed E-state index contributed by atoms with van der Waals surface area (Å²) in [7, 11) is 1.60. The highest BCUT2D eigenvalue weighted by Crippen LogP contribution is 2.24. The second-order valence-electron chi connectivity index (χ2n) is 7.75. The number of benzene rings is 1. The van der Waals surface area contributed by atoms with Crippen molar-refractivity contribution >= 4 is 23.3 Å². The smallest absolute Gasteiger partial charge is 0.294 e. The predicted molar refractivity (Wildman–Crippen MR) is 112 cm³/mol. The number of nitrogens with one attached hydrogen (secondary N) is 2. The third-order valence-corrected chi connectivity index (χ3v) is 5.64. The van der Waals surface area contributed by atoms with Crippen LogP contribution in [0.3, 0.4) is 0 Å². The van der Waals surface area contributed by atoms with Gasteiger partial charge in [-0.15, -0.1) is 0 Å². The Balaban J connectivity index is 1.83. The van der Waals surface area contributed by atoms with Gasteiger partial charge in [-0.2, -0.15) is 0 Å². The molecule has 2 amide bonds. The van der Waals surface area contributed by atoms with E-state index in [1.165, 1.54) is 22.8 Å². The van der Waals surface area contributed by atoms with E-state index in [4.69, 9.17) is 4.74 Å². The molecule has 1 fully saturated rings. The van der Waals surface area contributed by atoms with Gasteiger partial charge >= 0.3 is 0 Å². The van der Waals surface area contributed by atoms with Gasteiger partial charge in [-0.3, -0.25) is 14.4 Å². The van der Waals surface area contributed by atoms with E-state index < -0.39 is 29.7 Å². The van der Waals surface area contributed by atoms with Gasteiger partial charge in [0.1, 0.15) is 5.82 Å². The summed E-state index contributed by atoms with van der Waals surface area (Å²) in [5, 5.41) is 15.2. The van der Waals surface area contributed by atoms with E-state index in [0.717, 1.165) is 0 Å². The Morgan fingerprint density at radius 3 is 2.58 bits per heavy atom. The molecule has 3 N–H and O–H groups in total. The second kappa shape index (κ2) is 8.99. The van der Waals surface area contributed by atoms with Crippen LogP contribution in [0.15, 0.2) is 18.2 Å². The average molecular weight is 431 g/mol. The van der Waals surface area contributed by atoms with Crippen molar-refractivity contribution < 1.29 is 28.6 Å². The lowest BCUT2D eigenvalue weighted by molar-refractivity contribution is -0.120. The van der Waals surface area contributed by atoms with Gasteiger partial charge in [-0.05, 0) is 56.5 Å². The zero-order valence-corrected chi connectivity index (χ0v) is 17.9. The van der Waals surface area contributed by atoms with Crippen LogP contribution < -0.4 is 10.6 Å². The molecule has 0 spiro atoms. The van der Waals surface area contributed by atoms with Gasteiger partial charge in [0.2, 0.25) is 0 Å². The van der Waals surface area contributed by atoms with Gasteiger partial charge in [0.15, 0.2) is 0 Å². The van der Waals surface area contributed by atoms with Crippen LogP contribution in [-0.4, -0.2) is 52.6 Å². The Labute approximate surface area is 179 Å². The number of ketones is 1. The number of aromatic nitrogens is 1. The van der Waals surface area contributed by atoms with Crippen molar-refractivity contribution in [3.8, 4) is 0 Å². The number of nitrogens with zero attached hydrogens (tertiary/aromatic N) is 1. The summed E-state index contributed by atoms with van der Waals surface area (Å²) in [4.78, 5) is 38.3. The van der Waals surface area contributed by atoms with E-state index in [9.17, 15) is 23.9 Å². The number of rotatable bonds is 5. The summed E-state index contributed by atoms with van der Waals surface area (Å²) in [5.41, 5.74) is 2.05. The van der Waals surface area contributed by atoms with Crippen LogP contribution in [0.25, 0.3) is 0 Å². The minimum atomic E-state index is -0.887. The molecule has 31 heavy (non-hydrogen) atoms. The molecule has 0 saturated carbocycles. The summed E-state index contributed by atoms with van der Waals surface area (Å²) >= 11 is 0. The normalized spacial score (nSPS) is 18.5. The fraction of sp³-hybridized carbons (Fsp3) is 0.409. The van der Waals surface area contributed by atoms with Crippen LogP contribution in [0.4, 0.5) is 10.1 Å². The molecule has 2 heterocycles. The molecular weight excluding hydrogens is 405 g/mol. The summed E-state index contributed by atoms with van der Waals surface area (Å²) < 4.78 is 20.1. The number of hydrogen-bond donors (Lipinski definition) is 3. The number of aliphatic hydroxyl groups is 1. The standard InChI is InChI=1S/C22H26FN3O5/c1-11-9-14(5-6-15(11)23)24-21(29)18-12(2)19(26(4)13(18)3)20(28)22(30)25-16-7-8-31-10-17(16)27/h5-6,9,16-17,27H,7-8,10H2,1-4H3,(H,24,29)(H,25,30)/t16-,17-/m0/s1. The molecule has 1 aromatic heterocycles. The number of Topliss-reactive ketones (excluding diaryl/α,β-unsaturated/α-hetero) is 1. The van der Waals surface area contributed by atoms with Crippen molar-refractivity contribution in [1.82, 2.24) is 9.88 Å². The first-order chi connectivity index (χ1) is 14.6. The molecular formula is C22H26FN3O5. The minimum Gasteiger partial charge on any atom is -0.389 e. The van der Waals surface area contributed by atoms with E-state index in [1.807, 2.05) is 0 Å². The van der Waals surface area contributed by atoms with Crippen molar-refractivity contribution in [3.05, 3.63) is 52.1 Å². The van der Waals surface area contributed by atoms with E-state index in [1.54, 1.807) is 27.8 Å². The molecule has 2 atom stereocenters. The molecule has 1 aliphatic rings. The SMILES string of the molecule is Cc1cc(NC(=O)c2c(C)c(C(=O)C(=O)N[C@H]3CCOC[C@@H]3O)n(C)c2C)ccc1F.